The lowest BCUT2D eigenvalue weighted by molar-refractivity contribution is -0.139. The first kappa shape index (κ1) is 34.3. The van der Waals surface area contributed by atoms with Crippen LogP contribution in [-0.4, -0.2) is 87.0 Å². The minimum absolute atomic E-state index is 0.00000949. The lowest BCUT2D eigenvalue weighted by atomic mass is 10.0. The third-order valence-corrected chi connectivity index (χ3v) is 8.66. The quantitative estimate of drug-likeness (QED) is 0.198. The van der Waals surface area contributed by atoms with Gasteiger partial charge in [0.25, 0.3) is 5.91 Å². The van der Waals surface area contributed by atoms with Crippen molar-refractivity contribution < 1.29 is 41.1 Å². The summed E-state index contributed by atoms with van der Waals surface area (Å²) in [7, 11) is 1.63. The number of carbonyl (C=O) groups is 2. The molecular weight excluding hydrogens is 650 g/mol. The minimum Gasteiger partial charge on any atom is -0.444 e. The first-order valence-corrected chi connectivity index (χ1v) is 16.0. The second kappa shape index (κ2) is 13.0. The average molecular weight is 690 g/mol. The van der Waals surface area contributed by atoms with Crippen molar-refractivity contribution >= 4 is 28.6 Å². The fraction of sp³-hybridized carbons (Fsp3) is 0.515. The number of methoxy groups -OCH3 is 1. The molecule has 16 heteroatoms. The number of likely N-dealkylation sites (tertiary alicyclic amines) is 1. The van der Waals surface area contributed by atoms with Crippen molar-refractivity contribution in [3.8, 4) is 11.5 Å². The highest BCUT2D eigenvalue weighted by Gasteiger charge is 2.44. The summed E-state index contributed by atoms with van der Waals surface area (Å²) in [6.07, 6.45) is -0.903. The van der Waals surface area contributed by atoms with Crippen molar-refractivity contribution in [2.75, 3.05) is 32.1 Å². The smallest absolute Gasteiger partial charge is 0.410 e. The number of carbonyl (C=O) groups excluding carboxylic acids is 2. The van der Waals surface area contributed by atoms with Crippen molar-refractivity contribution in [2.24, 2.45) is 0 Å². The minimum atomic E-state index is -4.58. The SMILES string of the molecule is COCC1(n2ccc(C(=O)NCc3nc(-c4cc5c(N[C@@H]6CCN(C(=O)OC(C)(C)C)C[C@@H]6F)cccc5n4CC(F)(F)F)no3)c2)CC1. The van der Waals surface area contributed by atoms with E-state index in [9.17, 15) is 22.8 Å². The van der Waals surface area contributed by atoms with E-state index in [1.54, 1.807) is 52.3 Å². The van der Waals surface area contributed by atoms with E-state index >= 15 is 4.39 Å². The molecule has 2 fully saturated rings. The van der Waals surface area contributed by atoms with Crippen LogP contribution in [0.2, 0.25) is 0 Å². The molecule has 12 nitrogen and oxygen atoms in total. The van der Waals surface area contributed by atoms with Crippen LogP contribution in [0.5, 0.6) is 0 Å². The van der Waals surface area contributed by atoms with Crippen molar-refractivity contribution in [3.63, 3.8) is 0 Å². The van der Waals surface area contributed by atoms with Gasteiger partial charge in [0.1, 0.15) is 18.3 Å². The third kappa shape index (κ3) is 7.68. The summed E-state index contributed by atoms with van der Waals surface area (Å²) in [6, 6.07) is 7.25. The maximum Gasteiger partial charge on any atom is 0.410 e. The Bertz CT molecular complexity index is 1820. The van der Waals surface area contributed by atoms with Gasteiger partial charge in [0.15, 0.2) is 0 Å². The van der Waals surface area contributed by atoms with Crippen LogP contribution in [0, 0.1) is 0 Å². The van der Waals surface area contributed by atoms with Crippen LogP contribution in [0.1, 0.15) is 56.3 Å². The van der Waals surface area contributed by atoms with Crippen LogP contribution in [0.25, 0.3) is 22.4 Å². The molecule has 49 heavy (non-hydrogen) atoms. The molecule has 0 spiro atoms. The van der Waals surface area contributed by atoms with Gasteiger partial charge in [-0.3, -0.25) is 4.79 Å². The molecule has 1 aromatic carbocycles. The van der Waals surface area contributed by atoms with Crippen LogP contribution >= 0.6 is 0 Å². The highest BCUT2D eigenvalue weighted by atomic mass is 19.4. The van der Waals surface area contributed by atoms with Gasteiger partial charge in [-0.15, -0.1) is 0 Å². The second-order valence-electron chi connectivity index (χ2n) is 13.6. The summed E-state index contributed by atoms with van der Waals surface area (Å²) in [5.41, 5.74) is 0.248. The molecular formula is C33H39F4N7O5. The van der Waals surface area contributed by atoms with E-state index < -0.39 is 36.6 Å². The molecule has 2 aliphatic rings. The normalized spacial score (nSPS) is 19.2. The van der Waals surface area contributed by atoms with Gasteiger partial charge in [-0.25, -0.2) is 9.18 Å². The first-order valence-electron chi connectivity index (χ1n) is 16.0. The summed E-state index contributed by atoms with van der Waals surface area (Å²) in [5, 5.41) is 10.2. The molecule has 264 valence electrons. The lowest BCUT2D eigenvalue weighted by Gasteiger charge is -2.36. The third-order valence-electron chi connectivity index (χ3n) is 8.66. The highest BCUT2D eigenvalue weighted by Crippen LogP contribution is 2.44. The number of ether oxygens (including phenoxy) is 2. The number of anilines is 1. The van der Waals surface area contributed by atoms with Crippen molar-refractivity contribution in [1.82, 2.24) is 29.5 Å². The van der Waals surface area contributed by atoms with E-state index in [0.29, 0.717) is 23.2 Å². The van der Waals surface area contributed by atoms with E-state index in [1.165, 1.54) is 17.0 Å². The number of nitrogens with zero attached hydrogens (tertiary/aromatic N) is 5. The fourth-order valence-corrected chi connectivity index (χ4v) is 6.11. The number of fused-ring (bicyclic) bond motifs is 1. The van der Waals surface area contributed by atoms with Crippen LogP contribution in [0.15, 0.2) is 47.2 Å². The molecule has 2 atom stereocenters. The number of benzene rings is 1. The largest absolute Gasteiger partial charge is 0.444 e. The molecule has 2 amide bonds. The molecule has 0 radical (unpaired) electrons. The molecule has 6 rings (SSSR count). The molecule has 1 aliphatic heterocycles. The Morgan fingerprint density at radius 3 is 2.61 bits per heavy atom. The zero-order valence-electron chi connectivity index (χ0n) is 27.6. The summed E-state index contributed by atoms with van der Waals surface area (Å²) < 4.78 is 75.8. The molecule has 1 aliphatic carbocycles. The standard InChI is InChI=1S/C33H39F4N7O5/c1-31(2,3)48-30(46)42-12-9-24(22(34)17-42)39-23-6-5-7-25-21(23)14-26(44(25)18-33(35,36)37)28-40-27(49-41-28)15-38-29(45)20-8-13-43(16-20)32(10-11-32)19-47-4/h5-8,13-14,16,22,24,39H,9-12,15,17-19H2,1-4H3,(H,38,45)/t22-,24+/m0/s1. The zero-order valence-corrected chi connectivity index (χ0v) is 27.6. The summed E-state index contributed by atoms with van der Waals surface area (Å²) in [6.45, 7) is 4.30. The molecule has 1 saturated carbocycles. The van der Waals surface area contributed by atoms with Crippen molar-refractivity contribution in [1.29, 1.82) is 0 Å². The van der Waals surface area contributed by atoms with E-state index in [-0.39, 0.29) is 60.4 Å². The van der Waals surface area contributed by atoms with Gasteiger partial charge in [0.2, 0.25) is 11.7 Å². The monoisotopic (exact) mass is 689 g/mol. The number of aromatic nitrogens is 4. The Balaban J connectivity index is 1.18. The molecule has 0 bridgehead atoms. The Morgan fingerprint density at radius 2 is 1.94 bits per heavy atom. The maximum atomic E-state index is 15.3. The molecule has 3 aromatic heterocycles. The van der Waals surface area contributed by atoms with Crippen LogP contribution in [0.4, 0.5) is 28.0 Å². The number of hydrogen-bond donors (Lipinski definition) is 2. The topological polar surface area (TPSA) is 129 Å². The van der Waals surface area contributed by atoms with Gasteiger partial charge in [-0.2, -0.15) is 18.2 Å². The average Bonchev–Trinajstić information content (AvgIpc) is 3.36. The van der Waals surface area contributed by atoms with Gasteiger partial charge < -0.3 is 38.7 Å². The summed E-state index contributed by atoms with van der Waals surface area (Å²) in [5.74, 6) is -0.484. The second-order valence-corrected chi connectivity index (χ2v) is 13.6. The van der Waals surface area contributed by atoms with E-state index in [2.05, 4.69) is 20.8 Å². The van der Waals surface area contributed by atoms with Crippen molar-refractivity contribution in [3.05, 3.63) is 54.2 Å². The predicted octanol–water partition coefficient (Wildman–Crippen LogP) is 5.88. The Labute approximate surface area is 279 Å². The molecule has 4 aromatic rings. The molecule has 1 saturated heterocycles. The number of amides is 2. The number of hydrogen-bond acceptors (Lipinski definition) is 8. The van der Waals surface area contributed by atoms with Crippen molar-refractivity contribution in [2.45, 2.75) is 82.7 Å². The lowest BCUT2D eigenvalue weighted by Crippen LogP contribution is -2.51. The van der Waals surface area contributed by atoms with Gasteiger partial charge >= 0.3 is 12.3 Å². The van der Waals surface area contributed by atoms with Gasteiger partial charge in [-0.1, -0.05) is 11.2 Å². The summed E-state index contributed by atoms with van der Waals surface area (Å²) in [4.78, 5) is 30.9. The molecule has 0 unspecified atom stereocenters. The van der Waals surface area contributed by atoms with Crippen LogP contribution in [0.3, 0.4) is 0 Å². The van der Waals surface area contributed by atoms with E-state index in [1.807, 2.05) is 10.8 Å². The van der Waals surface area contributed by atoms with Crippen LogP contribution < -0.4 is 10.6 Å². The van der Waals surface area contributed by atoms with Gasteiger partial charge in [-0.05, 0) is 64.3 Å². The predicted molar refractivity (Wildman–Crippen MR) is 171 cm³/mol. The number of nitrogens with one attached hydrogen (secondary N) is 2. The number of piperidine rings is 1. The first-order chi connectivity index (χ1) is 23.1. The van der Waals surface area contributed by atoms with E-state index in [0.717, 1.165) is 17.4 Å². The molecule has 2 N–H and O–H groups in total. The van der Waals surface area contributed by atoms with Crippen LogP contribution in [-0.2, 0) is 28.1 Å². The Morgan fingerprint density at radius 1 is 1.16 bits per heavy atom. The zero-order chi connectivity index (χ0) is 35.1. The number of alkyl halides is 4. The molecule has 4 heterocycles. The Kier molecular flexibility index (Phi) is 9.11. The maximum absolute atomic E-state index is 15.3. The highest BCUT2D eigenvalue weighted by molar-refractivity contribution is 5.96. The number of rotatable bonds is 10. The fourth-order valence-electron chi connectivity index (χ4n) is 6.11. The number of halogens is 4. The Hall–Kier alpha value is -4.60. The van der Waals surface area contributed by atoms with Gasteiger partial charge in [0, 0.05) is 37.1 Å². The van der Waals surface area contributed by atoms with Gasteiger partial charge in [0.05, 0.1) is 48.1 Å². The summed E-state index contributed by atoms with van der Waals surface area (Å²) >= 11 is 0. The van der Waals surface area contributed by atoms with E-state index in [4.69, 9.17) is 14.0 Å².